The highest BCUT2D eigenvalue weighted by atomic mass is 35.5. The first-order chi connectivity index (χ1) is 16.1. The van der Waals surface area contributed by atoms with Crippen molar-refractivity contribution in [3.8, 4) is 0 Å². The van der Waals surface area contributed by atoms with Gasteiger partial charge in [-0.25, -0.2) is 9.78 Å². The van der Waals surface area contributed by atoms with Crippen molar-refractivity contribution in [2.75, 3.05) is 31.6 Å². The van der Waals surface area contributed by atoms with Crippen LogP contribution in [-0.4, -0.2) is 52.4 Å². The van der Waals surface area contributed by atoms with Crippen LogP contribution < -0.4 is 5.32 Å². The summed E-state index contributed by atoms with van der Waals surface area (Å²) in [7, 11) is 0. The van der Waals surface area contributed by atoms with Gasteiger partial charge < -0.3 is 19.4 Å². The molecule has 0 unspecified atom stereocenters. The molecule has 0 atom stereocenters. The van der Waals surface area contributed by atoms with Crippen LogP contribution in [0.15, 0.2) is 42.7 Å². The number of anilines is 1. The molecule has 1 amide bonds. The summed E-state index contributed by atoms with van der Waals surface area (Å²) in [5.74, 6) is -0.880. The lowest BCUT2D eigenvalue weighted by molar-refractivity contribution is -0.137. The van der Waals surface area contributed by atoms with Crippen LogP contribution >= 0.6 is 11.6 Å². The van der Waals surface area contributed by atoms with E-state index in [1.807, 2.05) is 13.8 Å². The quantitative estimate of drug-likeness (QED) is 0.435. The molecule has 0 spiro atoms. The van der Waals surface area contributed by atoms with Crippen molar-refractivity contribution in [2.45, 2.75) is 26.4 Å². The van der Waals surface area contributed by atoms with E-state index in [1.165, 1.54) is 6.20 Å². The fourth-order valence-electron chi connectivity index (χ4n) is 3.30. The lowest BCUT2D eigenvalue weighted by Crippen LogP contribution is -2.27. The number of hydrogen-bond acceptors (Lipinski definition) is 5. The Morgan fingerprint density at radius 3 is 2.44 bits per heavy atom. The maximum atomic E-state index is 13.0. The Labute approximate surface area is 199 Å². The molecule has 0 saturated carbocycles. The van der Waals surface area contributed by atoms with Crippen LogP contribution in [0, 0.1) is 0 Å². The number of halogens is 4. The van der Waals surface area contributed by atoms with Crippen LogP contribution in [0.3, 0.4) is 0 Å². The van der Waals surface area contributed by atoms with Gasteiger partial charge in [0.15, 0.2) is 5.65 Å². The number of hydrogen-bond donors (Lipinski definition) is 1. The van der Waals surface area contributed by atoms with Crippen molar-refractivity contribution in [3.05, 3.63) is 64.6 Å². The van der Waals surface area contributed by atoms with Gasteiger partial charge in [0.2, 0.25) is 5.91 Å². The van der Waals surface area contributed by atoms with Crippen LogP contribution in [0.5, 0.6) is 0 Å². The largest absolute Gasteiger partial charge is 0.461 e. The molecule has 0 radical (unpaired) electrons. The summed E-state index contributed by atoms with van der Waals surface area (Å²) in [6.45, 7) is 6.75. The van der Waals surface area contributed by atoms with E-state index >= 15 is 0 Å². The lowest BCUT2D eigenvalue weighted by atomic mass is 10.2. The van der Waals surface area contributed by atoms with Gasteiger partial charge in [0.05, 0.1) is 28.3 Å². The fraction of sp³-hybridized carbons (Fsp3) is 0.348. The average molecular weight is 497 g/mol. The smallest absolute Gasteiger partial charge is 0.417 e. The van der Waals surface area contributed by atoms with E-state index in [2.05, 4.69) is 15.2 Å². The molecule has 7 nitrogen and oxygen atoms in total. The lowest BCUT2D eigenvalue weighted by Gasteiger charge is -2.17. The van der Waals surface area contributed by atoms with Crippen molar-refractivity contribution in [3.63, 3.8) is 0 Å². The van der Waals surface area contributed by atoms with Crippen LogP contribution in [0.25, 0.3) is 5.65 Å². The van der Waals surface area contributed by atoms with Gasteiger partial charge >= 0.3 is 12.1 Å². The number of aromatic nitrogens is 2. The van der Waals surface area contributed by atoms with Gasteiger partial charge in [-0.3, -0.25) is 4.79 Å². The molecule has 0 aliphatic carbocycles. The van der Waals surface area contributed by atoms with E-state index in [1.54, 1.807) is 24.3 Å². The summed E-state index contributed by atoms with van der Waals surface area (Å²) in [6, 6.07) is 7.01. The number of benzene rings is 1. The highest BCUT2D eigenvalue weighted by Crippen LogP contribution is 2.32. The predicted octanol–water partition coefficient (Wildman–Crippen LogP) is 4.69. The number of carbonyl (C=O) groups is 2. The predicted molar refractivity (Wildman–Crippen MR) is 122 cm³/mol. The summed E-state index contributed by atoms with van der Waals surface area (Å²) in [5.41, 5.74) is 0.275. The third kappa shape index (κ3) is 6.48. The molecule has 3 aromatic rings. The first-order valence-electron chi connectivity index (χ1n) is 10.6. The highest BCUT2D eigenvalue weighted by molar-refractivity contribution is 6.33. The van der Waals surface area contributed by atoms with E-state index < -0.39 is 23.6 Å². The zero-order valence-electron chi connectivity index (χ0n) is 18.7. The molecular formula is C23H24ClF3N4O3. The number of esters is 1. The van der Waals surface area contributed by atoms with Gasteiger partial charge in [0.1, 0.15) is 6.61 Å². The summed E-state index contributed by atoms with van der Waals surface area (Å²) in [5, 5.41) is 2.50. The van der Waals surface area contributed by atoms with E-state index in [0.717, 1.165) is 29.8 Å². The SMILES string of the molecule is CCN(CC)CCOC(=O)c1ccc(NC(=O)Cc2cn3cc(C(F)(F)F)cc(Cl)c3n2)cc1. The molecule has 182 valence electrons. The molecule has 2 heterocycles. The topological polar surface area (TPSA) is 75.9 Å². The third-order valence-electron chi connectivity index (χ3n) is 5.16. The Hall–Kier alpha value is -3.11. The van der Waals surface area contributed by atoms with E-state index in [-0.39, 0.29) is 29.4 Å². The number of nitrogens with one attached hydrogen (secondary N) is 1. The molecule has 3 rings (SSSR count). The molecule has 2 aromatic heterocycles. The molecule has 1 aromatic carbocycles. The number of carbonyl (C=O) groups excluding carboxylic acids is 2. The zero-order valence-corrected chi connectivity index (χ0v) is 19.4. The molecule has 0 bridgehead atoms. The number of alkyl halides is 3. The standard InChI is InChI=1S/C23H24ClF3N4O3/c1-3-30(4-2)9-10-34-22(33)15-5-7-17(8-6-15)28-20(32)12-18-14-31-13-16(23(25,26)27)11-19(24)21(31)29-18/h5-8,11,13-14H,3-4,9-10,12H2,1-2H3,(H,28,32). The summed E-state index contributed by atoms with van der Waals surface area (Å²) in [4.78, 5) is 30.8. The van der Waals surface area contributed by atoms with Crippen LogP contribution in [-0.2, 0) is 22.1 Å². The number of amides is 1. The van der Waals surface area contributed by atoms with Crippen LogP contribution in [0.4, 0.5) is 18.9 Å². The van der Waals surface area contributed by atoms with Gasteiger partial charge in [0, 0.05) is 24.6 Å². The van der Waals surface area contributed by atoms with Crippen molar-refractivity contribution in [1.82, 2.24) is 14.3 Å². The molecule has 0 saturated heterocycles. The van der Waals surface area contributed by atoms with E-state index in [0.29, 0.717) is 17.8 Å². The Balaban J connectivity index is 1.58. The van der Waals surface area contributed by atoms with Gasteiger partial charge in [-0.15, -0.1) is 0 Å². The highest BCUT2D eigenvalue weighted by Gasteiger charge is 2.32. The third-order valence-corrected chi connectivity index (χ3v) is 5.44. The number of ether oxygens (including phenoxy) is 1. The maximum Gasteiger partial charge on any atom is 0.417 e. The van der Waals surface area contributed by atoms with Crippen LogP contribution in [0.2, 0.25) is 5.02 Å². The maximum absolute atomic E-state index is 13.0. The van der Waals surface area contributed by atoms with Gasteiger partial charge in [0.25, 0.3) is 0 Å². The summed E-state index contributed by atoms with van der Waals surface area (Å²) in [6.07, 6.45) is -2.53. The minimum atomic E-state index is -4.55. The summed E-state index contributed by atoms with van der Waals surface area (Å²) >= 11 is 5.93. The number of imidazole rings is 1. The molecule has 0 aliphatic rings. The first-order valence-corrected chi connectivity index (χ1v) is 11.0. The molecular weight excluding hydrogens is 473 g/mol. The van der Waals surface area contributed by atoms with E-state index in [9.17, 15) is 22.8 Å². The monoisotopic (exact) mass is 496 g/mol. The van der Waals surface area contributed by atoms with Crippen molar-refractivity contribution in [2.24, 2.45) is 0 Å². The fourth-order valence-corrected chi connectivity index (χ4v) is 3.56. The van der Waals surface area contributed by atoms with Crippen LogP contribution in [0.1, 0.15) is 35.5 Å². The normalized spacial score (nSPS) is 11.7. The van der Waals surface area contributed by atoms with Crippen molar-refractivity contribution >= 4 is 34.8 Å². The first kappa shape index (κ1) is 25.5. The number of fused-ring (bicyclic) bond motifs is 1. The minimum Gasteiger partial charge on any atom is -0.461 e. The molecule has 34 heavy (non-hydrogen) atoms. The number of likely N-dealkylation sites (N-methyl/N-ethyl adjacent to an activating group) is 1. The van der Waals surface area contributed by atoms with Crippen molar-refractivity contribution in [1.29, 1.82) is 0 Å². The second-order valence-corrected chi connectivity index (χ2v) is 7.91. The van der Waals surface area contributed by atoms with Gasteiger partial charge in [-0.05, 0) is 43.4 Å². The minimum absolute atomic E-state index is 0.126. The molecule has 1 N–H and O–H groups in total. The number of pyridine rings is 1. The Morgan fingerprint density at radius 2 is 1.82 bits per heavy atom. The van der Waals surface area contributed by atoms with E-state index in [4.69, 9.17) is 16.3 Å². The Morgan fingerprint density at radius 1 is 1.15 bits per heavy atom. The second kappa shape index (κ2) is 10.9. The second-order valence-electron chi connectivity index (χ2n) is 7.50. The zero-order chi connectivity index (χ0) is 24.9. The number of nitrogens with zero attached hydrogens (tertiary/aromatic N) is 3. The van der Waals surface area contributed by atoms with Gasteiger partial charge in [-0.1, -0.05) is 25.4 Å². The van der Waals surface area contributed by atoms with Gasteiger partial charge in [-0.2, -0.15) is 13.2 Å². The Kier molecular flexibility index (Phi) is 8.16. The Bertz CT molecular complexity index is 1160. The molecule has 11 heteroatoms. The number of rotatable bonds is 9. The molecule has 0 fully saturated rings. The average Bonchev–Trinajstić information content (AvgIpc) is 3.19. The van der Waals surface area contributed by atoms with Crippen molar-refractivity contribution < 1.29 is 27.5 Å². The molecule has 0 aliphatic heterocycles. The summed E-state index contributed by atoms with van der Waals surface area (Å²) < 4.78 is 45.3.